The molecular formula is C10H21NO3S. The molecule has 0 saturated heterocycles. The van der Waals surface area contributed by atoms with Crippen LogP contribution in [0.15, 0.2) is 0 Å². The van der Waals surface area contributed by atoms with Crippen LogP contribution in [0, 0.1) is 11.3 Å². The Morgan fingerprint density at radius 3 is 2.47 bits per heavy atom. The molecule has 0 aliphatic heterocycles. The SMILES string of the molecule is COCC1(CN)CC(S(C)(=O)=O)CC1C. The van der Waals surface area contributed by atoms with E-state index in [-0.39, 0.29) is 10.7 Å². The third-order valence-electron chi connectivity index (χ3n) is 3.74. The summed E-state index contributed by atoms with van der Waals surface area (Å²) in [6.07, 6.45) is 2.65. The number of ether oxygens (including phenoxy) is 1. The number of methoxy groups -OCH3 is 1. The molecule has 0 amide bonds. The van der Waals surface area contributed by atoms with Gasteiger partial charge in [0.25, 0.3) is 0 Å². The first-order chi connectivity index (χ1) is 6.85. The Morgan fingerprint density at radius 1 is 1.53 bits per heavy atom. The van der Waals surface area contributed by atoms with Crippen LogP contribution >= 0.6 is 0 Å². The van der Waals surface area contributed by atoms with Gasteiger partial charge in [-0.2, -0.15) is 0 Å². The first kappa shape index (κ1) is 12.9. The van der Waals surface area contributed by atoms with E-state index in [0.717, 1.165) is 0 Å². The lowest BCUT2D eigenvalue weighted by molar-refractivity contribution is 0.0610. The molecule has 0 aromatic heterocycles. The van der Waals surface area contributed by atoms with Gasteiger partial charge in [-0.05, 0) is 18.8 Å². The molecule has 0 bridgehead atoms. The van der Waals surface area contributed by atoms with Crippen LogP contribution in [0.1, 0.15) is 19.8 Å². The minimum atomic E-state index is -2.95. The van der Waals surface area contributed by atoms with Crippen molar-refractivity contribution in [2.24, 2.45) is 17.1 Å². The summed E-state index contributed by atoms with van der Waals surface area (Å²) in [5, 5.41) is -0.244. The Kier molecular flexibility index (Phi) is 3.79. The molecule has 0 aromatic rings. The lowest BCUT2D eigenvalue weighted by atomic mass is 9.80. The maximum Gasteiger partial charge on any atom is 0.150 e. The second-order valence-corrected chi connectivity index (χ2v) is 7.12. The van der Waals surface area contributed by atoms with E-state index in [1.807, 2.05) is 0 Å². The fourth-order valence-corrected chi connectivity index (χ4v) is 3.81. The van der Waals surface area contributed by atoms with Gasteiger partial charge < -0.3 is 10.5 Å². The summed E-state index contributed by atoms with van der Waals surface area (Å²) in [4.78, 5) is 0. The lowest BCUT2D eigenvalue weighted by Crippen LogP contribution is -2.37. The van der Waals surface area contributed by atoms with E-state index in [9.17, 15) is 8.42 Å². The van der Waals surface area contributed by atoms with Gasteiger partial charge in [0.05, 0.1) is 11.9 Å². The van der Waals surface area contributed by atoms with Crippen molar-refractivity contribution in [2.75, 3.05) is 26.5 Å². The molecule has 0 radical (unpaired) electrons. The van der Waals surface area contributed by atoms with Gasteiger partial charge in [0.15, 0.2) is 0 Å². The van der Waals surface area contributed by atoms with Crippen LogP contribution in [0.25, 0.3) is 0 Å². The predicted molar refractivity (Wildman–Crippen MR) is 60.4 cm³/mol. The minimum absolute atomic E-state index is 0.150. The van der Waals surface area contributed by atoms with Crippen molar-refractivity contribution >= 4 is 9.84 Å². The van der Waals surface area contributed by atoms with Crippen LogP contribution < -0.4 is 5.73 Å². The zero-order chi connectivity index (χ0) is 11.7. The van der Waals surface area contributed by atoms with Gasteiger partial charge in [-0.25, -0.2) is 8.42 Å². The fraction of sp³-hybridized carbons (Fsp3) is 1.00. The molecule has 90 valence electrons. The Balaban J connectivity index is 2.86. The number of hydrogen-bond acceptors (Lipinski definition) is 4. The molecule has 4 nitrogen and oxygen atoms in total. The van der Waals surface area contributed by atoms with Crippen molar-refractivity contribution in [1.29, 1.82) is 0 Å². The van der Waals surface area contributed by atoms with Crippen molar-refractivity contribution in [2.45, 2.75) is 25.0 Å². The molecule has 1 fully saturated rings. The van der Waals surface area contributed by atoms with E-state index >= 15 is 0 Å². The third kappa shape index (κ3) is 2.52. The van der Waals surface area contributed by atoms with Crippen LogP contribution in [0.4, 0.5) is 0 Å². The van der Waals surface area contributed by atoms with Gasteiger partial charge >= 0.3 is 0 Å². The summed E-state index contributed by atoms with van der Waals surface area (Å²) in [5.41, 5.74) is 5.63. The van der Waals surface area contributed by atoms with Crippen LogP contribution in [-0.2, 0) is 14.6 Å². The predicted octanol–water partition coefficient (Wildman–Crippen LogP) is 0.421. The number of rotatable bonds is 4. The smallest absolute Gasteiger partial charge is 0.150 e. The highest BCUT2D eigenvalue weighted by molar-refractivity contribution is 7.91. The molecule has 5 heteroatoms. The molecule has 1 saturated carbocycles. The van der Waals surface area contributed by atoms with E-state index in [1.165, 1.54) is 6.26 Å². The van der Waals surface area contributed by atoms with E-state index < -0.39 is 9.84 Å². The highest BCUT2D eigenvalue weighted by Gasteiger charge is 2.47. The Labute approximate surface area is 92.1 Å². The normalized spacial score (nSPS) is 37.1. The zero-order valence-corrected chi connectivity index (χ0v) is 10.5. The van der Waals surface area contributed by atoms with E-state index in [4.69, 9.17) is 10.5 Å². The molecule has 3 atom stereocenters. The fourth-order valence-electron chi connectivity index (χ4n) is 2.54. The van der Waals surface area contributed by atoms with Crippen molar-refractivity contribution < 1.29 is 13.2 Å². The van der Waals surface area contributed by atoms with Crippen molar-refractivity contribution in [3.63, 3.8) is 0 Å². The van der Waals surface area contributed by atoms with Crippen LogP contribution in [0.3, 0.4) is 0 Å². The highest BCUT2D eigenvalue weighted by Crippen LogP contribution is 2.45. The molecule has 1 aliphatic carbocycles. The zero-order valence-electron chi connectivity index (χ0n) is 9.69. The lowest BCUT2D eigenvalue weighted by Gasteiger charge is -2.31. The number of nitrogens with two attached hydrogens (primary N) is 1. The molecule has 3 unspecified atom stereocenters. The van der Waals surface area contributed by atoms with Crippen LogP contribution in [0.5, 0.6) is 0 Å². The summed E-state index contributed by atoms with van der Waals surface area (Å²) in [7, 11) is -1.31. The van der Waals surface area contributed by atoms with E-state index in [1.54, 1.807) is 7.11 Å². The molecule has 1 rings (SSSR count). The average Bonchev–Trinajstić information content (AvgIpc) is 2.45. The topological polar surface area (TPSA) is 69.4 Å². The largest absolute Gasteiger partial charge is 0.384 e. The minimum Gasteiger partial charge on any atom is -0.384 e. The first-order valence-corrected chi connectivity index (χ1v) is 7.19. The van der Waals surface area contributed by atoms with Crippen molar-refractivity contribution in [3.05, 3.63) is 0 Å². The molecule has 0 spiro atoms. The van der Waals surface area contributed by atoms with Gasteiger partial charge in [0, 0.05) is 25.3 Å². The van der Waals surface area contributed by atoms with Crippen molar-refractivity contribution in [1.82, 2.24) is 0 Å². The van der Waals surface area contributed by atoms with Gasteiger partial charge in [-0.1, -0.05) is 6.92 Å². The van der Waals surface area contributed by atoms with Crippen LogP contribution in [-0.4, -0.2) is 40.2 Å². The first-order valence-electron chi connectivity index (χ1n) is 5.23. The molecule has 0 aromatic carbocycles. The third-order valence-corrected chi connectivity index (χ3v) is 5.31. The monoisotopic (exact) mass is 235 g/mol. The summed E-state index contributed by atoms with van der Waals surface area (Å²) < 4.78 is 28.2. The highest BCUT2D eigenvalue weighted by atomic mass is 32.2. The summed E-state index contributed by atoms with van der Waals surface area (Å²) in [6, 6.07) is 0. The van der Waals surface area contributed by atoms with Gasteiger partial charge in [-0.15, -0.1) is 0 Å². The molecule has 0 heterocycles. The van der Waals surface area contributed by atoms with Crippen molar-refractivity contribution in [3.8, 4) is 0 Å². The molecular weight excluding hydrogens is 214 g/mol. The molecule has 15 heavy (non-hydrogen) atoms. The number of sulfone groups is 1. The van der Waals surface area contributed by atoms with Gasteiger partial charge in [0.2, 0.25) is 0 Å². The second-order valence-electron chi connectivity index (χ2n) is 4.79. The summed E-state index contributed by atoms with van der Waals surface area (Å²) in [5.74, 6) is 0.308. The quantitative estimate of drug-likeness (QED) is 0.767. The maximum atomic E-state index is 11.5. The van der Waals surface area contributed by atoms with E-state index in [0.29, 0.717) is 31.9 Å². The Morgan fingerprint density at radius 2 is 2.13 bits per heavy atom. The van der Waals surface area contributed by atoms with Gasteiger partial charge in [-0.3, -0.25) is 0 Å². The summed E-state index contributed by atoms with van der Waals surface area (Å²) >= 11 is 0. The van der Waals surface area contributed by atoms with Crippen LogP contribution in [0.2, 0.25) is 0 Å². The van der Waals surface area contributed by atoms with E-state index in [2.05, 4.69) is 6.92 Å². The summed E-state index contributed by atoms with van der Waals surface area (Å²) in [6.45, 7) is 3.11. The second kappa shape index (κ2) is 4.39. The Hall–Kier alpha value is -0.130. The van der Waals surface area contributed by atoms with Gasteiger partial charge in [0.1, 0.15) is 9.84 Å². The average molecular weight is 235 g/mol. The maximum absolute atomic E-state index is 11.5. The standard InChI is InChI=1S/C10H21NO3S/c1-8-4-9(15(3,12)13)5-10(8,6-11)7-14-2/h8-9H,4-7,11H2,1-3H3. The molecule has 1 aliphatic rings. The molecule has 2 N–H and O–H groups in total. The Bertz CT molecular complexity index is 315. The number of hydrogen-bond donors (Lipinski definition) is 1.